The molecule has 0 aromatic carbocycles. The van der Waals surface area contributed by atoms with Gasteiger partial charge in [0.1, 0.15) is 6.04 Å². The molecule has 1 unspecified atom stereocenters. The highest BCUT2D eigenvalue weighted by Crippen LogP contribution is 2.07. The molecule has 54 valence electrons. The average Bonchev–Trinajstić information content (AvgIpc) is 2.36. The highest BCUT2D eigenvalue weighted by Gasteiger charge is 2.31. The molecule has 0 aliphatic carbocycles. The number of carbonyl (C=O) groups is 1. The molecule has 1 amide bonds. The molecule has 0 aromatic rings. The van der Waals surface area contributed by atoms with Gasteiger partial charge in [-0.15, -0.1) is 0 Å². The molecule has 1 N–H and O–H groups in total. The summed E-state index contributed by atoms with van der Waals surface area (Å²) in [5.74, 6) is -0.00347. The van der Waals surface area contributed by atoms with Crippen LogP contribution >= 0.6 is 0 Å². The van der Waals surface area contributed by atoms with Crippen LogP contribution in [0.25, 0.3) is 0 Å². The first-order chi connectivity index (χ1) is 4.88. The summed E-state index contributed by atoms with van der Waals surface area (Å²) >= 11 is 0. The molecular formula is C6H9N3O. The molecule has 0 radical (unpaired) electrons. The van der Waals surface area contributed by atoms with Crippen LogP contribution in [-0.4, -0.2) is 42.8 Å². The lowest BCUT2D eigenvalue weighted by Crippen LogP contribution is -2.41. The second-order valence-electron chi connectivity index (χ2n) is 2.55. The van der Waals surface area contributed by atoms with E-state index < -0.39 is 0 Å². The number of amides is 1. The molecule has 10 heavy (non-hydrogen) atoms. The van der Waals surface area contributed by atoms with E-state index >= 15 is 0 Å². The Labute approximate surface area is 58.9 Å². The van der Waals surface area contributed by atoms with Crippen LogP contribution < -0.4 is 5.32 Å². The van der Waals surface area contributed by atoms with Gasteiger partial charge in [-0.2, -0.15) is 0 Å². The zero-order chi connectivity index (χ0) is 6.97. The number of nitrogens with zero attached hydrogens (tertiary/aromatic N) is 2. The van der Waals surface area contributed by atoms with Gasteiger partial charge in [-0.1, -0.05) is 0 Å². The van der Waals surface area contributed by atoms with Crippen LogP contribution in [0.1, 0.15) is 0 Å². The lowest BCUT2D eigenvalue weighted by molar-refractivity contribution is -0.121. The largest absolute Gasteiger partial charge is 0.302 e. The molecule has 4 nitrogen and oxygen atoms in total. The number of rotatable bonds is 0. The molecule has 2 rings (SSSR count). The van der Waals surface area contributed by atoms with Crippen LogP contribution in [0, 0.1) is 0 Å². The number of aliphatic imine (C=N–C) groups is 1. The third-order valence-corrected chi connectivity index (χ3v) is 1.91. The number of hydrogen-bond donors (Lipinski definition) is 1. The van der Waals surface area contributed by atoms with E-state index in [2.05, 4.69) is 15.2 Å². The van der Waals surface area contributed by atoms with Gasteiger partial charge < -0.3 is 5.32 Å². The van der Waals surface area contributed by atoms with Gasteiger partial charge in [0.05, 0.1) is 0 Å². The van der Waals surface area contributed by atoms with Crippen molar-refractivity contribution in [3.63, 3.8) is 0 Å². The fourth-order valence-electron chi connectivity index (χ4n) is 1.34. The van der Waals surface area contributed by atoms with Crippen LogP contribution in [0.4, 0.5) is 0 Å². The van der Waals surface area contributed by atoms with Crippen LogP contribution in [0.3, 0.4) is 0 Å². The number of fused-ring (bicyclic) bond motifs is 1. The number of carbonyl (C=O) groups excluding carboxylic acids is 1. The summed E-state index contributed by atoms with van der Waals surface area (Å²) < 4.78 is 0. The maximum Gasteiger partial charge on any atom is 0.264 e. The average molecular weight is 139 g/mol. The lowest BCUT2D eigenvalue weighted by atomic mass is 10.2. The van der Waals surface area contributed by atoms with Crippen molar-refractivity contribution >= 4 is 12.1 Å². The lowest BCUT2D eigenvalue weighted by Gasteiger charge is -2.21. The van der Waals surface area contributed by atoms with Crippen molar-refractivity contribution in [3.05, 3.63) is 0 Å². The highest BCUT2D eigenvalue weighted by atomic mass is 16.2. The smallest absolute Gasteiger partial charge is 0.264 e. The predicted molar refractivity (Wildman–Crippen MR) is 36.9 cm³/mol. The minimum atomic E-state index is -0.00347. The molecule has 2 aliphatic heterocycles. The van der Waals surface area contributed by atoms with E-state index in [1.807, 2.05) is 0 Å². The monoisotopic (exact) mass is 139 g/mol. The van der Waals surface area contributed by atoms with Gasteiger partial charge in [0.25, 0.3) is 5.91 Å². The minimum Gasteiger partial charge on any atom is -0.302 e. The summed E-state index contributed by atoms with van der Waals surface area (Å²) in [7, 11) is 0. The summed E-state index contributed by atoms with van der Waals surface area (Å²) in [5.41, 5.74) is 0. The molecule has 2 heterocycles. The maximum atomic E-state index is 11.0. The Hall–Kier alpha value is -0.740. The summed E-state index contributed by atoms with van der Waals surface area (Å²) in [4.78, 5) is 16.8. The van der Waals surface area contributed by atoms with Gasteiger partial charge in [0.15, 0.2) is 0 Å². The standard InChI is InChI=1S/C6H9N3O/c10-6-5-3-7-4-9(5)2-1-8-6/h1,5,7H,2-4H2. The molecule has 1 saturated heterocycles. The zero-order valence-electron chi connectivity index (χ0n) is 5.58. The van der Waals surface area contributed by atoms with Gasteiger partial charge >= 0.3 is 0 Å². The molecule has 1 atom stereocenters. The number of nitrogens with one attached hydrogen (secondary N) is 1. The van der Waals surface area contributed by atoms with Crippen molar-refractivity contribution in [2.24, 2.45) is 4.99 Å². The maximum absolute atomic E-state index is 11.0. The first-order valence-electron chi connectivity index (χ1n) is 3.39. The van der Waals surface area contributed by atoms with Gasteiger partial charge in [0, 0.05) is 26.0 Å². The van der Waals surface area contributed by atoms with Crippen molar-refractivity contribution in [3.8, 4) is 0 Å². The fraction of sp³-hybridized carbons (Fsp3) is 0.667. The van der Waals surface area contributed by atoms with Gasteiger partial charge in [-0.25, -0.2) is 4.99 Å². The first-order valence-corrected chi connectivity index (χ1v) is 3.39. The highest BCUT2D eigenvalue weighted by molar-refractivity contribution is 5.92. The van der Waals surface area contributed by atoms with Crippen molar-refractivity contribution < 1.29 is 4.79 Å². The second kappa shape index (κ2) is 2.14. The molecule has 0 aromatic heterocycles. The SMILES string of the molecule is O=C1N=CCN2CNCC12. The second-order valence-corrected chi connectivity index (χ2v) is 2.55. The Morgan fingerprint density at radius 1 is 1.80 bits per heavy atom. The van der Waals surface area contributed by atoms with Crippen LogP contribution in [0.15, 0.2) is 4.99 Å². The molecule has 1 fully saturated rings. The van der Waals surface area contributed by atoms with E-state index in [0.29, 0.717) is 0 Å². The first kappa shape index (κ1) is 6.00. The van der Waals surface area contributed by atoms with Crippen LogP contribution in [-0.2, 0) is 4.79 Å². The Morgan fingerprint density at radius 3 is 3.50 bits per heavy atom. The van der Waals surface area contributed by atoms with E-state index in [4.69, 9.17) is 0 Å². The zero-order valence-corrected chi connectivity index (χ0v) is 5.58. The molecule has 0 saturated carbocycles. The summed E-state index contributed by atoms with van der Waals surface area (Å²) in [6.07, 6.45) is 1.67. The predicted octanol–water partition coefficient (Wildman–Crippen LogP) is -1.17. The quantitative estimate of drug-likeness (QED) is 0.460. The minimum absolute atomic E-state index is 0.00347. The number of hydrogen-bond acceptors (Lipinski definition) is 3. The Bertz CT molecular complexity index is 189. The summed E-state index contributed by atoms with van der Waals surface area (Å²) in [6, 6.07) is 0.0185. The molecule has 0 bridgehead atoms. The van der Waals surface area contributed by atoms with Gasteiger partial charge in [-0.05, 0) is 0 Å². The summed E-state index contributed by atoms with van der Waals surface area (Å²) in [5, 5.41) is 3.12. The molecular weight excluding hydrogens is 130 g/mol. The van der Waals surface area contributed by atoms with Crippen molar-refractivity contribution in [1.29, 1.82) is 0 Å². The molecule has 0 spiro atoms. The van der Waals surface area contributed by atoms with E-state index in [1.165, 1.54) is 0 Å². The van der Waals surface area contributed by atoms with Gasteiger partial charge in [0.2, 0.25) is 0 Å². The molecule has 2 aliphatic rings. The van der Waals surface area contributed by atoms with E-state index in [-0.39, 0.29) is 11.9 Å². The third kappa shape index (κ3) is 0.767. The van der Waals surface area contributed by atoms with Crippen LogP contribution in [0.2, 0.25) is 0 Å². The Balaban J connectivity index is 2.20. The van der Waals surface area contributed by atoms with Crippen molar-refractivity contribution in [1.82, 2.24) is 10.2 Å². The normalized spacial score (nSPS) is 32.8. The van der Waals surface area contributed by atoms with E-state index in [0.717, 1.165) is 19.8 Å². The van der Waals surface area contributed by atoms with Gasteiger partial charge in [-0.3, -0.25) is 9.69 Å². The van der Waals surface area contributed by atoms with E-state index in [1.54, 1.807) is 6.21 Å². The van der Waals surface area contributed by atoms with Crippen molar-refractivity contribution in [2.45, 2.75) is 6.04 Å². The fourth-order valence-corrected chi connectivity index (χ4v) is 1.34. The third-order valence-electron chi connectivity index (χ3n) is 1.91. The summed E-state index contributed by atoms with van der Waals surface area (Å²) in [6.45, 7) is 2.39. The van der Waals surface area contributed by atoms with E-state index in [9.17, 15) is 4.79 Å². The van der Waals surface area contributed by atoms with Crippen LogP contribution in [0.5, 0.6) is 0 Å². The topological polar surface area (TPSA) is 44.7 Å². The Kier molecular flexibility index (Phi) is 1.28. The Morgan fingerprint density at radius 2 is 2.70 bits per heavy atom. The van der Waals surface area contributed by atoms with Crippen molar-refractivity contribution in [2.75, 3.05) is 19.8 Å². The molecule has 4 heteroatoms.